The third-order valence-corrected chi connectivity index (χ3v) is 4.08. The van der Waals surface area contributed by atoms with Gasteiger partial charge in [0.2, 0.25) is 5.91 Å². The molecule has 2 unspecified atom stereocenters. The minimum atomic E-state index is -4.44. The summed E-state index contributed by atoms with van der Waals surface area (Å²) in [6.45, 7) is -0.636. The van der Waals surface area contributed by atoms with Crippen LogP contribution in [0.4, 0.5) is 13.2 Å². The van der Waals surface area contributed by atoms with Crippen molar-refractivity contribution in [3.8, 4) is 11.5 Å². The lowest BCUT2D eigenvalue weighted by atomic mass is 10.2. The van der Waals surface area contributed by atoms with E-state index in [2.05, 4.69) is 0 Å². The minimum absolute atomic E-state index is 0.0136. The molecule has 1 aliphatic heterocycles. The van der Waals surface area contributed by atoms with Gasteiger partial charge in [0.25, 0.3) is 0 Å². The summed E-state index contributed by atoms with van der Waals surface area (Å²) in [6, 6.07) is 6.20. The zero-order valence-electron chi connectivity index (χ0n) is 14.5. The molecule has 1 aliphatic rings. The Morgan fingerprint density at radius 3 is 2.62 bits per heavy atom. The molecule has 2 rings (SSSR count). The van der Waals surface area contributed by atoms with Gasteiger partial charge in [-0.15, -0.1) is 0 Å². The first kappa shape index (κ1) is 20.3. The van der Waals surface area contributed by atoms with Crippen LogP contribution < -0.4 is 14.8 Å². The van der Waals surface area contributed by atoms with Gasteiger partial charge >= 0.3 is 6.18 Å². The summed E-state index contributed by atoms with van der Waals surface area (Å²) >= 11 is 0. The molecule has 1 saturated heterocycles. The van der Waals surface area contributed by atoms with Gasteiger partial charge in [0.15, 0.2) is 0 Å². The Balaban J connectivity index is 1.79. The number of β-amino-alcohol motifs (C(OH)–C–C–N with tert-alkyl or cyclic N) is 1. The molecule has 0 radical (unpaired) electrons. The molecule has 9 heteroatoms. The van der Waals surface area contributed by atoms with E-state index in [9.17, 15) is 23.1 Å². The average Bonchev–Trinajstić information content (AvgIpc) is 3.05. The van der Waals surface area contributed by atoms with E-state index in [4.69, 9.17) is 9.47 Å². The largest absolute Gasteiger partial charge is 0.497 e. The van der Waals surface area contributed by atoms with E-state index in [0.29, 0.717) is 30.9 Å². The Labute approximate surface area is 149 Å². The van der Waals surface area contributed by atoms with Crippen LogP contribution in [0.1, 0.15) is 12.8 Å². The lowest BCUT2D eigenvalue weighted by molar-refractivity contribution is -0.141. The number of amides is 1. The fourth-order valence-electron chi connectivity index (χ4n) is 2.83. The van der Waals surface area contributed by atoms with E-state index in [-0.39, 0.29) is 13.2 Å². The monoisotopic (exact) mass is 376 g/mol. The first-order valence-corrected chi connectivity index (χ1v) is 8.32. The maximum Gasteiger partial charge on any atom is 0.405 e. The second-order valence-corrected chi connectivity index (χ2v) is 6.13. The van der Waals surface area contributed by atoms with E-state index in [0.717, 1.165) is 0 Å². The first-order chi connectivity index (χ1) is 12.3. The smallest absolute Gasteiger partial charge is 0.405 e. The van der Waals surface area contributed by atoms with Crippen LogP contribution >= 0.6 is 0 Å². The van der Waals surface area contributed by atoms with Crippen LogP contribution in [0.15, 0.2) is 24.3 Å². The number of aliphatic hydroxyl groups is 1. The van der Waals surface area contributed by atoms with Crippen molar-refractivity contribution in [3.05, 3.63) is 24.3 Å². The molecule has 0 spiro atoms. The summed E-state index contributed by atoms with van der Waals surface area (Å²) in [5, 5.41) is 12.0. The van der Waals surface area contributed by atoms with Crippen molar-refractivity contribution in [1.82, 2.24) is 10.2 Å². The van der Waals surface area contributed by atoms with Crippen LogP contribution in [0.5, 0.6) is 11.5 Å². The number of ether oxygens (including phenoxy) is 2. The van der Waals surface area contributed by atoms with Gasteiger partial charge < -0.3 is 19.9 Å². The van der Waals surface area contributed by atoms with Crippen molar-refractivity contribution in [2.75, 3.05) is 33.4 Å². The predicted octanol–water partition coefficient (Wildman–Crippen LogP) is 1.58. The number of hydrogen-bond donors (Lipinski definition) is 2. The normalized spacial score (nSPS) is 19.2. The number of rotatable bonds is 8. The molecule has 1 aromatic carbocycles. The number of methoxy groups -OCH3 is 1. The van der Waals surface area contributed by atoms with Crippen molar-refractivity contribution in [1.29, 1.82) is 0 Å². The van der Waals surface area contributed by atoms with Crippen LogP contribution in [-0.2, 0) is 4.79 Å². The number of likely N-dealkylation sites (tertiary alicyclic amines) is 1. The molecule has 2 atom stereocenters. The maximum atomic E-state index is 12.2. The number of nitrogens with one attached hydrogen (secondary N) is 1. The second-order valence-electron chi connectivity index (χ2n) is 6.13. The van der Waals surface area contributed by atoms with Gasteiger partial charge in [0.1, 0.15) is 30.8 Å². The van der Waals surface area contributed by atoms with Crippen molar-refractivity contribution in [2.24, 2.45) is 0 Å². The van der Waals surface area contributed by atoms with Gasteiger partial charge in [0.05, 0.1) is 13.2 Å². The molecule has 0 aliphatic carbocycles. The van der Waals surface area contributed by atoms with Crippen molar-refractivity contribution in [2.45, 2.75) is 31.2 Å². The first-order valence-electron chi connectivity index (χ1n) is 8.32. The van der Waals surface area contributed by atoms with E-state index < -0.39 is 30.8 Å². The molecule has 2 N–H and O–H groups in total. The second kappa shape index (κ2) is 9.09. The number of carbonyl (C=O) groups excluding carboxylic acids is 1. The van der Waals surface area contributed by atoms with Gasteiger partial charge in [0, 0.05) is 6.54 Å². The van der Waals surface area contributed by atoms with Crippen LogP contribution in [0.25, 0.3) is 0 Å². The molecular formula is C17H23F3N2O4. The molecule has 1 amide bonds. The Bertz CT molecular complexity index is 580. The molecule has 0 bridgehead atoms. The molecule has 0 aromatic heterocycles. The topological polar surface area (TPSA) is 71.0 Å². The zero-order valence-corrected chi connectivity index (χ0v) is 14.5. The Hall–Kier alpha value is -2.00. The SMILES string of the molecule is COc1ccc(OCC(O)CN2CCCC2C(=O)NCC(F)(F)F)cc1. The minimum Gasteiger partial charge on any atom is -0.497 e. The molecule has 1 heterocycles. The lowest BCUT2D eigenvalue weighted by Crippen LogP contribution is -2.48. The number of benzene rings is 1. The van der Waals surface area contributed by atoms with Crippen LogP contribution in [-0.4, -0.2) is 67.6 Å². The summed E-state index contributed by atoms with van der Waals surface area (Å²) in [6.07, 6.45) is -4.15. The van der Waals surface area contributed by atoms with E-state index in [1.54, 1.807) is 36.3 Å². The summed E-state index contributed by atoms with van der Waals surface area (Å²) in [4.78, 5) is 13.6. The van der Waals surface area contributed by atoms with E-state index >= 15 is 0 Å². The van der Waals surface area contributed by atoms with Crippen LogP contribution in [0.3, 0.4) is 0 Å². The van der Waals surface area contributed by atoms with Crippen molar-refractivity contribution < 1.29 is 32.5 Å². The number of aliphatic hydroxyl groups excluding tert-OH is 1. The third-order valence-electron chi connectivity index (χ3n) is 4.08. The van der Waals surface area contributed by atoms with Gasteiger partial charge in [-0.3, -0.25) is 9.69 Å². The number of nitrogens with zero attached hydrogens (tertiary/aromatic N) is 1. The zero-order chi connectivity index (χ0) is 19.2. The van der Waals surface area contributed by atoms with Gasteiger partial charge in [-0.25, -0.2) is 0 Å². The number of hydrogen-bond acceptors (Lipinski definition) is 5. The summed E-state index contributed by atoms with van der Waals surface area (Å²) in [5.74, 6) is 0.580. The van der Waals surface area contributed by atoms with E-state index in [1.165, 1.54) is 0 Å². The fourth-order valence-corrected chi connectivity index (χ4v) is 2.83. The highest BCUT2D eigenvalue weighted by Gasteiger charge is 2.34. The number of alkyl halides is 3. The standard InChI is InChI=1S/C17H23F3N2O4/c1-25-13-4-6-14(7-5-13)26-10-12(23)9-22-8-2-3-15(22)16(24)21-11-17(18,19)20/h4-7,12,15,23H,2-3,8-11H2,1H3,(H,21,24). The molecule has 1 aromatic rings. The van der Waals surface area contributed by atoms with Gasteiger partial charge in [-0.05, 0) is 43.7 Å². The van der Waals surface area contributed by atoms with Crippen LogP contribution in [0, 0.1) is 0 Å². The molecule has 6 nitrogen and oxygen atoms in total. The van der Waals surface area contributed by atoms with Gasteiger partial charge in [-0.1, -0.05) is 0 Å². The predicted molar refractivity (Wildman–Crippen MR) is 88.2 cm³/mol. The Morgan fingerprint density at radius 1 is 1.35 bits per heavy atom. The molecule has 1 fully saturated rings. The Morgan fingerprint density at radius 2 is 2.00 bits per heavy atom. The summed E-state index contributed by atoms with van der Waals surface area (Å²) < 4.78 is 47.2. The summed E-state index contributed by atoms with van der Waals surface area (Å²) in [7, 11) is 1.55. The van der Waals surface area contributed by atoms with Crippen molar-refractivity contribution >= 4 is 5.91 Å². The lowest BCUT2D eigenvalue weighted by Gasteiger charge is -2.26. The van der Waals surface area contributed by atoms with E-state index in [1.807, 2.05) is 5.32 Å². The highest BCUT2D eigenvalue weighted by molar-refractivity contribution is 5.82. The molecule has 146 valence electrons. The number of halogens is 3. The molecule has 26 heavy (non-hydrogen) atoms. The fraction of sp³-hybridized carbons (Fsp3) is 0.588. The molecular weight excluding hydrogens is 353 g/mol. The highest BCUT2D eigenvalue weighted by atomic mass is 19.4. The van der Waals surface area contributed by atoms with Crippen LogP contribution in [0.2, 0.25) is 0 Å². The number of carbonyl (C=O) groups is 1. The third kappa shape index (κ3) is 6.38. The van der Waals surface area contributed by atoms with Gasteiger partial charge in [-0.2, -0.15) is 13.2 Å². The molecule has 0 saturated carbocycles. The highest BCUT2D eigenvalue weighted by Crippen LogP contribution is 2.20. The average molecular weight is 376 g/mol. The Kier molecular flexibility index (Phi) is 7.10. The van der Waals surface area contributed by atoms with Crippen molar-refractivity contribution in [3.63, 3.8) is 0 Å². The maximum absolute atomic E-state index is 12.2. The quantitative estimate of drug-likeness (QED) is 0.721. The summed E-state index contributed by atoms with van der Waals surface area (Å²) in [5.41, 5.74) is 0.